The molecule has 0 spiro atoms. The molecular weight excluding hydrogens is 390 g/mol. The fourth-order valence-electron chi connectivity index (χ4n) is 3.26. The number of nitrogens with zero attached hydrogens (tertiary/aromatic N) is 3. The number of methoxy groups -OCH3 is 3. The number of carbonyl (C=O) groups excluding carboxylic acids is 1. The Morgan fingerprint density at radius 3 is 2.28 bits per heavy atom. The molecule has 156 valence electrons. The average molecular weight is 418 g/mol. The van der Waals surface area contributed by atoms with Crippen molar-refractivity contribution in [1.29, 1.82) is 0 Å². The molecule has 0 unspecified atom stereocenters. The summed E-state index contributed by atoms with van der Waals surface area (Å²) in [6, 6.07) is 3.64. The van der Waals surface area contributed by atoms with Crippen molar-refractivity contribution in [3.63, 3.8) is 0 Å². The van der Waals surface area contributed by atoms with Gasteiger partial charge in [0.2, 0.25) is 11.7 Å². The smallest absolute Gasteiger partial charge is 0.246 e. The minimum atomic E-state index is 0.00324. The second-order valence-electron chi connectivity index (χ2n) is 6.78. The van der Waals surface area contributed by atoms with Gasteiger partial charge in [0, 0.05) is 43.3 Å². The Bertz CT molecular complexity index is 848. The Hall–Kier alpha value is -2.58. The maximum absolute atomic E-state index is 12.6. The minimum absolute atomic E-state index is 0.00324. The maximum atomic E-state index is 12.6. The molecule has 29 heavy (non-hydrogen) atoms. The predicted octanol–water partition coefficient (Wildman–Crippen LogP) is 2.83. The largest absolute Gasteiger partial charge is 0.493 e. The van der Waals surface area contributed by atoms with Crippen LogP contribution in [0, 0.1) is 6.92 Å². The summed E-state index contributed by atoms with van der Waals surface area (Å²) in [5.74, 6) is 1.66. The Kier molecular flexibility index (Phi) is 7.11. The van der Waals surface area contributed by atoms with E-state index in [1.807, 2.05) is 24.0 Å². The molecule has 0 atom stereocenters. The van der Waals surface area contributed by atoms with Crippen LogP contribution in [-0.4, -0.2) is 68.2 Å². The van der Waals surface area contributed by atoms with Gasteiger partial charge in [-0.05, 0) is 30.7 Å². The third kappa shape index (κ3) is 5.27. The predicted molar refractivity (Wildman–Crippen MR) is 114 cm³/mol. The molecule has 0 aliphatic carbocycles. The van der Waals surface area contributed by atoms with Gasteiger partial charge < -0.3 is 19.1 Å². The molecule has 8 heteroatoms. The van der Waals surface area contributed by atoms with Gasteiger partial charge in [0.15, 0.2) is 11.5 Å². The number of amides is 1. The van der Waals surface area contributed by atoms with E-state index >= 15 is 0 Å². The molecule has 0 radical (unpaired) electrons. The number of thiazole rings is 1. The summed E-state index contributed by atoms with van der Waals surface area (Å²) in [6.45, 7) is 5.98. The molecule has 1 saturated heterocycles. The summed E-state index contributed by atoms with van der Waals surface area (Å²) >= 11 is 1.69. The van der Waals surface area contributed by atoms with Gasteiger partial charge in [-0.3, -0.25) is 9.69 Å². The molecule has 0 N–H and O–H groups in total. The number of ether oxygens (including phenoxy) is 3. The van der Waals surface area contributed by atoms with Crippen LogP contribution in [0.2, 0.25) is 0 Å². The van der Waals surface area contributed by atoms with Gasteiger partial charge in [-0.2, -0.15) is 0 Å². The summed E-state index contributed by atoms with van der Waals surface area (Å²) in [7, 11) is 4.71. The number of aromatic nitrogens is 1. The molecule has 0 bridgehead atoms. The number of carbonyl (C=O) groups is 1. The van der Waals surface area contributed by atoms with Crippen molar-refractivity contribution in [3.05, 3.63) is 39.9 Å². The van der Waals surface area contributed by atoms with Gasteiger partial charge in [-0.25, -0.2) is 4.98 Å². The number of hydrogen-bond acceptors (Lipinski definition) is 7. The number of piperazine rings is 1. The Morgan fingerprint density at radius 1 is 1.10 bits per heavy atom. The number of rotatable bonds is 7. The van der Waals surface area contributed by atoms with Crippen molar-refractivity contribution in [2.45, 2.75) is 13.5 Å². The minimum Gasteiger partial charge on any atom is -0.493 e. The molecule has 7 nitrogen and oxygen atoms in total. The van der Waals surface area contributed by atoms with Gasteiger partial charge in [-0.15, -0.1) is 11.3 Å². The lowest BCUT2D eigenvalue weighted by Gasteiger charge is -2.33. The van der Waals surface area contributed by atoms with Gasteiger partial charge >= 0.3 is 0 Å². The first kappa shape index (κ1) is 21.1. The molecule has 3 rings (SSSR count). The van der Waals surface area contributed by atoms with E-state index in [-0.39, 0.29) is 5.91 Å². The zero-order chi connectivity index (χ0) is 20.8. The zero-order valence-corrected chi connectivity index (χ0v) is 18.1. The van der Waals surface area contributed by atoms with Crippen LogP contribution in [0.25, 0.3) is 6.08 Å². The van der Waals surface area contributed by atoms with Crippen molar-refractivity contribution < 1.29 is 19.0 Å². The average Bonchev–Trinajstić information content (AvgIpc) is 3.16. The fourth-order valence-corrected chi connectivity index (χ4v) is 4.08. The Morgan fingerprint density at radius 2 is 1.76 bits per heavy atom. The van der Waals surface area contributed by atoms with Crippen LogP contribution in [0.3, 0.4) is 0 Å². The van der Waals surface area contributed by atoms with Crippen molar-refractivity contribution in [2.24, 2.45) is 0 Å². The third-order valence-electron chi connectivity index (χ3n) is 4.81. The standard InChI is InChI=1S/C21H27N3O4S/c1-15-14-29-19(22-15)13-23-7-9-24(10-8-23)20(25)6-5-16-11-17(26-2)21(28-4)18(12-16)27-3/h5-6,11-12,14H,7-10,13H2,1-4H3. The lowest BCUT2D eigenvalue weighted by atomic mass is 10.1. The third-order valence-corrected chi connectivity index (χ3v) is 5.77. The van der Waals surface area contributed by atoms with E-state index in [1.165, 1.54) is 0 Å². The molecule has 1 aliphatic heterocycles. The first-order chi connectivity index (χ1) is 14.0. The lowest BCUT2D eigenvalue weighted by Crippen LogP contribution is -2.47. The van der Waals surface area contributed by atoms with Crippen LogP contribution in [0.5, 0.6) is 17.2 Å². The maximum Gasteiger partial charge on any atom is 0.246 e. The van der Waals surface area contributed by atoms with Crippen LogP contribution >= 0.6 is 11.3 Å². The first-order valence-corrected chi connectivity index (χ1v) is 10.3. The monoisotopic (exact) mass is 417 g/mol. The highest BCUT2D eigenvalue weighted by Gasteiger charge is 2.20. The molecule has 0 saturated carbocycles. The highest BCUT2D eigenvalue weighted by molar-refractivity contribution is 7.09. The van der Waals surface area contributed by atoms with E-state index in [0.29, 0.717) is 30.3 Å². The van der Waals surface area contributed by atoms with Crippen molar-refractivity contribution in [1.82, 2.24) is 14.8 Å². The molecule has 1 fully saturated rings. The molecule has 1 aromatic heterocycles. The summed E-state index contributed by atoms with van der Waals surface area (Å²) in [5.41, 5.74) is 1.88. The van der Waals surface area contributed by atoms with Crippen LogP contribution < -0.4 is 14.2 Å². The SMILES string of the molecule is COc1cc(C=CC(=O)N2CCN(Cc3nc(C)cs3)CC2)cc(OC)c1OC. The highest BCUT2D eigenvalue weighted by Crippen LogP contribution is 2.38. The van der Waals surface area contributed by atoms with E-state index in [2.05, 4.69) is 15.3 Å². The van der Waals surface area contributed by atoms with Crippen LogP contribution in [0.4, 0.5) is 0 Å². The van der Waals surface area contributed by atoms with E-state index in [4.69, 9.17) is 14.2 Å². The Balaban J connectivity index is 1.58. The summed E-state index contributed by atoms with van der Waals surface area (Å²) < 4.78 is 16.1. The number of hydrogen-bond donors (Lipinski definition) is 0. The molecule has 2 heterocycles. The molecule has 1 amide bonds. The molecule has 2 aromatic rings. The van der Waals surface area contributed by atoms with Crippen molar-refractivity contribution in [2.75, 3.05) is 47.5 Å². The topological polar surface area (TPSA) is 64.1 Å². The number of aryl methyl sites for hydroxylation is 1. The second-order valence-corrected chi connectivity index (χ2v) is 7.72. The normalized spacial score (nSPS) is 15.0. The van der Waals surface area contributed by atoms with Crippen molar-refractivity contribution >= 4 is 23.3 Å². The number of benzene rings is 1. The van der Waals surface area contributed by atoms with E-state index < -0.39 is 0 Å². The fraction of sp³-hybridized carbons (Fsp3) is 0.429. The summed E-state index contributed by atoms with van der Waals surface area (Å²) in [4.78, 5) is 21.3. The first-order valence-electron chi connectivity index (χ1n) is 9.44. The molecule has 1 aromatic carbocycles. The quantitative estimate of drug-likeness (QED) is 0.646. The van der Waals surface area contributed by atoms with Crippen molar-refractivity contribution in [3.8, 4) is 17.2 Å². The lowest BCUT2D eigenvalue weighted by molar-refractivity contribution is -0.127. The molecular formula is C21H27N3O4S. The zero-order valence-electron chi connectivity index (χ0n) is 17.3. The van der Waals surface area contributed by atoms with E-state index in [0.717, 1.165) is 35.9 Å². The van der Waals surface area contributed by atoms with Gasteiger partial charge in [0.05, 0.1) is 27.9 Å². The van der Waals surface area contributed by atoms with Crippen LogP contribution in [-0.2, 0) is 11.3 Å². The van der Waals surface area contributed by atoms with Gasteiger partial charge in [0.1, 0.15) is 5.01 Å². The molecule has 1 aliphatic rings. The van der Waals surface area contributed by atoms with E-state index in [1.54, 1.807) is 44.8 Å². The second kappa shape index (κ2) is 9.76. The van der Waals surface area contributed by atoms with E-state index in [9.17, 15) is 4.79 Å². The van der Waals surface area contributed by atoms with Gasteiger partial charge in [-0.1, -0.05) is 0 Å². The Labute approximate surface area is 175 Å². The van der Waals surface area contributed by atoms with Gasteiger partial charge in [0.25, 0.3) is 0 Å². The summed E-state index contributed by atoms with van der Waals surface area (Å²) in [6.07, 6.45) is 3.37. The van der Waals surface area contributed by atoms with Crippen LogP contribution in [0.1, 0.15) is 16.3 Å². The highest BCUT2D eigenvalue weighted by atomic mass is 32.1. The van der Waals surface area contributed by atoms with Crippen LogP contribution in [0.15, 0.2) is 23.6 Å². The summed E-state index contributed by atoms with van der Waals surface area (Å²) in [5, 5.41) is 3.20.